The Kier molecular flexibility index (Phi) is 9.75. The summed E-state index contributed by atoms with van der Waals surface area (Å²) in [6, 6.07) is 3.82. The Morgan fingerprint density at radius 2 is 1.98 bits per heavy atom. The number of hydrogen-bond donors (Lipinski definition) is 3. The SMILES string of the molecule is CCn1nc(C(=O)NC[C@]2(O)CC[C@H](S(C)(=O)=O)C[C@H]2O)c(C)c1-c1ccc(C[C@H](C)C(F)(F)F)cc1OC(F)F. The summed E-state index contributed by atoms with van der Waals surface area (Å²) in [6.45, 7) is 0.702. The summed E-state index contributed by atoms with van der Waals surface area (Å²) in [4.78, 5) is 13.1. The molecule has 1 aromatic carbocycles. The molecule has 0 aliphatic heterocycles. The monoisotopic (exact) mass is 611 g/mol. The molecule has 3 rings (SSSR count). The number of ether oxygens (including phenoxy) is 1. The highest BCUT2D eigenvalue weighted by Crippen LogP contribution is 2.37. The number of amides is 1. The molecule has 1 aromatic heterocycles. The molecular formula is C26H34F5N3O6S. The normalized spacial score (nSPS) is 22.5. The van der Waals surface area contributed by atoms with Crippen molar-refractivity contribution in [3.05, 3.63) is 35.0 Å². The molecule has 0 unspecified atom stereocenters. The van der Waals surface area contributed by atoms with Crippen molar-refractivity contribution in [1.29, 1.82) is 0 Å². The summed E-state index contributed by atoms with van der Waals surface area (Å²) in [6.07, 6.45) is -5.46. The Morgan fingerprint density at radius 1 is 1.32 bits per heavy atom. The van der Waals surface area contributed by atoms with Crippen LogP contribution in [0.3, 0.4) is 0 Å². The van der Waals surface area contributed by atoms with Crippen LogP contribution >= 0.6 is 0 Å². The molecule has 9 nitrogen and oxygen atoms in total. The van der Waals surface area contributed by atoms with Crippen LogP contribution in [-0.4, -0.2) is 76.9 Å². The Hall–Kier alpha value is -2.78. The van der Waals surface area contributed by atoms with Gasteiger partial charge in [-0.3, -0.25) is 9.48 Å². The maximum absolute atomic E-state index is 13.3. The van der Waals surface area contributed by atoms with Crippen molar-refractivity contribution < 1.29 is 50.1 Å². The van der Waals surface area contributed by atoms with Gasteiger partial charge in [0.2, 0.25) is 0 Å². The molecule has 0 saturated heterocycles. The van der Waals surface area contributed by atoms with Gasteiger partial charge in [-0.25, -0.2) is 8.42 Å². The summed E-state index contributed by atoms with van der Waals surface area (Å²) in [5.41, 5.74) is -1.17. The van der Waals surface area contributed by atoms with Crippen molar-refractivity contribution in [3.63, 3.8) is 0 Å². The number of aromatic nitrogens is 2. The average Bonchev–Trinajstić information content (AvgIpc) is 3.19. The molecule has 1 aliphatic rings. The highest BCUT2D eigenvalue weighted by molar-refractivity contribution is 7.91. The Morgan fingerprint density at radius 3 is 2.51 bits per heavy atom. The van der Waals surface area contributed by atoms with E-state index in [0.717, 1.165) is 19.2 Å². The second kappa shape index (κ2) is 12.2. The lowest BCUT2D eigenvalue weighted by Gasteiger charge is -2.39. The van der Waals surface area contributed by atoms with E-state index < -0.39 is 64.4 Å². The number of nitrogens with one attached hydrogen (secondary N) is 1. The molecule has 3 N–H and O–H groups in total. The number of alkyl halides is 5. The van der Waals surface area contributed by atoms with Gasteiger partial charge in [0.15, 0.2) is 5.69 Å². The molecule has 1 fully saturated rings. The molecule has 1 saturated carbocycles. The van der Waals surface area contributed by atoms with E-state index in [1.807, 2.05) is 0 Å². The third kappa shape index (κ3) is 7.55. The van der Waals surface area contributed by atoms with Crippen LogP contribution in [0.15, 0.2) is 18.2 Å². The fourth-order valence-electron chi connectivity index (χ4n) is 4.97. The summed E-state index contributed by atoms with van der Waals surface area (Å²) >= 11 is 0. The first kappa shape index (κ1) is 32.7. The lowest BCUT2D eigenvalue weighted by Crippen LogP contribution is -2.56. The number of sulfone groups is 1. The first-order valence-electron chi connectivity index (χ1n) is 13.0. The molecule has 0 bridgehead atoms. The highest BCUT2D eigenvalue weighted by atomic mass is 32.2. The number of carbonyl (C=O) groups is 1. The number of aliphatic hydroxyl groups excluding tert-OH is 1. The van der Waals surface area contributed by atoms with Crippen molar-refractivity contribution in [3.8, 4) is 17.0 Å². The quantitative estimate of drug-likeness (QED) is 0.350. The third-order valence-corrected chi connectivity index (χ3v) is 9.13. The Labute approximate surface area is 234 Å². The predicted molar refractivity (Wildman–Crippen MR) is 139 cm³/mol. The minimum absolute atomic E-state index is 0.0759. The van der Waals surface area contributed by atoms with Gasteiger partial charge in [0, 0.05) is 30.5 Å². The molecule has 1 heterocycles. The van der Waals surface area contributed by atoms with E-state index in [1.165, 1.54) is 23.7 Å². The first-order chi connectivity index (χ1) is 18.9. The van der Waals surface area contributed by atoms with E-state index in [9.17, 15) is 45.4 Å². The van der Waals surface area contributed by atoms with Crippen molar-refractivity contribution in [2.75, 3.05) is 12.8 Å². The van der Waals surface area contributed by atoms with Gasteiger partial charge in [-0.05, 0) is 57.2 Å². The number of halogens is 5. The van der Waals surface area contributed by atoms with E-state index in [1.54, 1.807) is 6.92 Å². The second-order valence-corrected chi connectivity index (χ2v) is 12.8. The molecule has 1 aliphatic carbocycles. The number of carbonyl (C=O) groups excluding carboxylic acids is 1. The van der Waals surface area contributed by atoms with E-state index in [2.05, 4.69) is 15.2 Å². The fourth-order valence-corrected chi connectivity index (χ4v) is 6.04. The van der Waals surface area contributed by atoms with Gasteiger partial charge < -0.3 is 20.3 Å². The van der Waals surface area contributed by atoms with Crippen LogP contribution in [-0.2, 0) is 22.8 Å². The van der Waals surface area contributed by atoms with Crippen LogP contribution in [0.1, 0.15) is 54.7 Å². The summed E-state index contributed by atoms with van der Waals surface area (Å²) in [7, 11) is -3.43. The molecule has 15 heteroatoms. The summed E-state index contributed by atoms with van der Waals surface area (Å²) in [5.74, 6) is -2.84. The molecule has 1 amide bonds. The lowest BCUT2D eigenvalue weighted by molar-refractivity contribution is -0.169. The molecule has 4 atom stereocenters. The number of nitrogens with zero attached hydrogens (tertiary/aromatic N) is 2. The van der Waals surface area contributed by atoms with E-state index >= 15 is 0 Å². The fraction of sp³-hybridized carbons (Fsp3) is 0.615. The smallest absolute Gasteiger partial charge is 0.391 e. The third-order valence-electron chi connectivity index (χ3n) is 7.49. The topological polar surface area (TPSA) is 131 Å². The van der Waals surface area contributed by atoms with Crippen molar-refractivity contribution in [1.82, 2.24) is 15.1 Å². The maximum atomic E-state index is 13.3. The van der Waals surface area contributed by atoms with Crippen LogP contribution in [0.5, 0.6) is 5.75 Å². The molecule has 2 aromatic rings. The van der Waals surface area contributed by atoms with E-state index in [0.29, 0.717) is 0 Å². The minimum atomic E-state index is -4.47. The number of rotatable bonds is 10. The Bertz CT molecular complexity index is 1360. The van der Waals surface area contributed by atoms with Crippen molar-refractivity contribution in [2.24, 2.45) is 5.92 Å². The molecular weight excluding hydrogens is 577 g/mol. The summed E-state index contributed by atoms with van der Waals surface area (Å²) < 4.78 is 95.4. The predicted octanol–water partition coefficient (Wildman–Crippen LogP) is 3.64. The molecule has 0 radical (unpaired) electrons. The lowest BCUT2D eigenvalue weighted by atomic mass is 9.82. The van der Waals surface area contributed by atoms with Gasteiger partial charge in [0.25, 0.3) is 5.91 Å². The highest BCUT2D eigenvalue weighted by Gasteiger charge is 2.44. The van der Waals surface area contributed by atoms with Gasteiger partial charge in [0.1, 0.15) is 21.2 Å². The average molecular weight is 612 g/mol. The van der Waals surface area contributed by atoms with Crippen LogP contribution in [0, 0.1) is 12.8 Å². The van der Waals surface area contributed by atoms with Crippen LogP contribution in [0.2, 0.25) is 0 Å². The number of hydrogen-bond acceptors (Lipinski definition) is 7. The number of benzene rings is 1. The molecule has 41 heavy (non-hydrogen) atoms. The number of aryl methyl sites for hydroxylation is 1. The zero-order valence-corrected chi connectivity index (χ0v) is 23.8. The van der Waals surface area contributed by atoms with Crippen LogP contribution in [0.25, 0.3) is 11.3 Å². The second-order valence-electron chi connectivity index (χ2n) is 10.5. The zero-order valence-electron chi connectivity index (χ0n) is 23.0. The molecule has 230 valence electrons. The summed E-state index contributed by atoms with van der Waals surface area (Å²) in [5, 5.41) is 27.3. The van der Waals surface area contributed by atoms with Crippen molar-refractivity contribution in [2.45, 2.75) is 82.7 Å². The van der Waals surface area contributed by atoms with Gasteiger partial charge in [0.05, 0.1) is 23.0 Å². The van der Waals surface area contributed by atoms with E-state index in [4.69, 9.17) is 0 Å². The van der Waals surface area contributed by atoms with Crippen LogP contribution in [0.4, 0.5) is 22.0 Å². The first-order valence-corrected chi connectivity index (χ1v) is 14.9. The Balaban J connectivity index is 1.89. The van der Waals surface area contributed by atoms with E-state index in [-0.39, 0.29) is 59.6 Å². The van der Waals surface area contributed by atoms with Crippen molar-refractivity contribution >= 4 is 15.7 Å². The zero-order chi connectivity index (χ0) is 30.9. The minimum Gasteiger partial charge on any atom is -0.434 e. The maximum Gasteiger partial charge on any atom is 0.391 e. The van der Waals surface area contributed by atoms with Crippen LogP contribution < -0.4 is 10.1 Å². The van der Waals surface area contributed by atoms with Gasteiger partial charge >= 0.3 is 12.8 Å². The van der Waals surface area contributed by atoms with Gasteiger partial charge in [-0.15, -0.1) is 0 Å². The van der Waals surface area contributed by atoms with Gasteiger partial charge in [-0.2, -0.15) is 27.1 Å². The largest absolute Gasteiger partial charge is 0.434 e. The molecule has 0 spiro atoms. The number of aliphatic hydroxyl groups is 2. The standard InChI is InChI=1S/C26H34F5N3O6S/c1-5-34-22(18-7-6-16(10-14(2)26(29,30)31)11-19(18)40-24(27)28)15(3)21(33-34)23(36)32-13-25(37)9-8-17(12-20(25)35)41(4,38)39/h6-7,11,14,17,20,24,35,37H,5,8-10,12-13H2,1-4H3,(H,32,36)/t14-,17-,20+,25+/m0/s1. The van der Waals surface area contributed by atoms with Gasteiger partial charge in [-0.1, -0.05) is 13.0 Å².